The van der Waals surface area contributed by atoms with Crippen LogP contribution in [0.1, 0.15) is 50.3 Å². The maximum atomic E-state index is 4.57. The van der Waals surface area contributed by atoms with Crippen LogP contribution in [0.25, 0.3) is 0 Å². The molecule has 0 spiro atoms. The van der Waals surface area contributed by atoms with E-state index in [0.29, 0.717) is 12.1 Å². The van der Waals surface area contributed by atoms with Gasteiger partial charge >= 0.3 is 0 Å². The monoisotopic (exact) mass is 244 g/mol. The van der Waals surface area contributed by atoms with Crippen LogP contribution in [-0.2, 0) is 6.42 Å². The van der Waals surface area contributed by atoms with Gasteiger partial charge in [-0.05, 0) is 55.2 Å². The molecule has 0 unspecified atom stereocenters. The Morgan fingerprint density at radius 3 is 2.39 bits per heavy atom. The van der Waals surface area contributed by atoms with Crippen LogP contribution in [0, 0.1) is 19.3 Å². The number of rotatable bonds is 3. The predicted molar refractivity (Wildman–Crippen MR) is 75.5 cm³/mol. The van der Waals surface area contributed by atoms with Gasteiger partial charge < -0.3 is 0 Å². The summed E-state index contributed by atoms with van der Waals surface area (Å²) in [5, 5.41) is 2.30. The SMILES string of the molecule is Cc1cc(C)c2c(c1CCCC(C)(C)C)=NCN=2. The van der Waals surface area contributed by atoms with Crippen molar-refractivity contribution in [3.05, 3.63) is 33.5 Å². The largest absolute Gasteiger partial charge is 0.259 e. The van der Waals surface area contributed by atoms with E-state index in [4.69, 9.17) is 0 Å². The Morgan fingerprint density at radius 1 is 1.06 bits per heavy atom. The van der Waals surface area contributed by atoms with E-state index in [9.17, 15) is 0 Å². The Morgan fingerprint density at radius 2 is 1.72 bits per heavy atom. The molecule has 0 bridgehead atoms. The van der Waals surface area contributed by atoms with Gasteiger partial charge in [-0.25, -0.2) is 0 Å². The molecule has 0 aliphatic carbocycles. The average molecular weight is 244 g/mol. The van der Waals surface area contributed by atoms with Crippen LogP contribution < -0.4 is 10.7 Å². The van der Waals surface area contributed by atoms with Gasteiger partial charge in [0.1, 0.15) is 6.67 Å². The van der Waals surface area contributed by atoms with Gasteiger partial charge in [-0.15, -0.1) is 0 Å². The van der Waals surface area contributed by atoms with E-state index in [-0.39, 0.29) is 0 Å². The minimum absolute atomic E-state index is 0.420. The molecule has 2 heteroatoms. The topological polar surface area (TPSA) is 24.7 Å². The lowest BCUT2D eigenvalue weighted by atomic mass is 9.88. The lowest BCUT2D eigenvalue weighted by Crippen LogP contribution is -2.30. The van der Waals surface area contributed by atoms with E-state index < -0.39 is 0 Å². The molecule has 1 aliphatic rings. The molecule has 98 valence electrons. The molecule has 0 fully saturated rings. The normalized spacial score (nSPS) is 14.1. The van der Waals surface area contributed by atoms with E-state index in [1.54, 1.807) is 0 Å². The van der Waals surface area contributed by atoms with Crippen molar-refractivity contribution in [1.82, 2.24) is 0 Å². The standard InChI is InChI=1S/C16H24N2/c1-11-9-12(2)14-15(18-10-17-14)13(11)7-6-8-16(3,4)5/h9H,6-8,10H2,1-5H3. The smallest absolute Gasteiger partial charge is 0.130 e. The third kappa shape index (κ3) is 2.80. The van der Waals surface area contributed by atoms with Crippen LogP contribution in [0.5, 0.6) is 0 Å². The first kappa shape index (κ1) is 13.3. The van der Waals surface area contributed by atoms with Crippen molar-refractivity contribution in [2.24, 2.45) is 15.4 Å². The molecule has 0 atom stereocenters. The molecule has 0 amide bonds. The lowest BCUT2D eigenvalue weighted by Gasteiger charge is -2.18. The second kappa shape index (κ2) is 4.83. The molecule has 0 saturated carbocycles. The first-order chi connectivity index (χ1) is 8.38. The Kier molecular flexibility index (Phi) is 3.56. The zero-order valence-corrected chi connectivity index (χ0v) is 12.3. The van der Waals surface area contributed by atoms with Crippen LogP contribution >= 0.6 is 0 Å². The van der Waals surface area contributed by atoms with Gasteiger partial charge in [0.05, 0.1) is 10.7 Å². The van der Waals surface area contributed by atoms with Gasteiger partial charge in [0, 0.05) is 0 Å². The molecule has 18 heavy (non-hydrogen) atoms. The van der Waals surface area contributed by atoms with Gasteiger partial charge in [-0.1, -0.05) is 26.8 Å². The average Bonchev–Trinajstić information content (AvgIpc) is 2.70. The summed E-state index contributed by atoms with van der Waals surface area (Å²) >= 11 is 0. The fraction of sp³-hybridized carbons (Fsp3) is 0.625. The maximum Gasteiger partial charge on any atom is 0.130 e. The summed E-state index contributed by atoms with van der Waals surface area (Å²) in [6.45, 7) is 11.9. The summed E-state index contributed by atoms with van der Waals surface area (Å²) in [4.78, 5) is 9.06. The third-order valence-electron chi connectivity index (χ3n) is 3.60. The summed E-state index contributed by atoms with van der Waals surface area (Å²) in [7, 11) is 0. The molecule has 0 N–H and O–H groups in total. The number of hydrogen-bond acceptors (Lipinski definition) is 2. The van der Waals surface area contributed by atoms with Gasteiger partial charge in [0.2, 0.25) is 0 Å². The minimum atomic E-state index is 0.420. The van der Waals surface area contributed by atoms with Crippen LogP contribution in [0.3, 0.4) is 0 Å². The molecule has 1 aliphatic heterocycles. The van der Waals surface area contributed by atoms with Crippen molar-refractivity contribution in [3.63, 3.8) is 0 Å². The van der Waals surface area contributed by atoms with E-state index in [2.05, 4.69) is 50.7 Å². The van der Waals surface area contributed by atoms with Crippen molar-refractivity contribution >= 4 is 0 Å². The molecule has 1 aromatic rings. The first-order valence-corrected chi connectivity index (χ1v) is 6.86. The van der Waals surface area contributed by atoms with Crippen molar-refractivity contribution in [2.45, 2.75) is 53.9 Å². The van der Waals surface area contributed by atoms with Gasteiger partial charge in [0.15, 0.2) is 0 Å². The van der Waals surface area contributed by atoms with Crippen molar-refractivity contribution < 1.29 is 0 Å². The van der Waals surface area contributed by atoms with Crippen LogP contribution in [-0.4, -0.2) is 6.67 Å². The lowest BCUT2D eigenvalue weighted by molar-refractivity contribution is 0.365. The maximum absolute atomic E-state index is 4.57. The fourth-order valence-electron chi connectivity index (χ4n) is 2.65. The predicted octanol–water partition coefficient (Wildman–Crippen LogP) is 2.88. The molecule has 0 radical (unpaired) electrons. The van der Waals surface area contributed by atoms with Gasteiger partial charge in [-0.2, -0.15) is 0 Å². The molecular weight excluding hydrogens is 220 g/mol. The molecule has 0 saturated heterocycles. The Balaban J connectivity index is 2.26. The number of nitrogens with zero attached hydrogens (tertiary/aromatic N) is 2. The molecule has 2 nitrogen and oxygen atoms in total. The van der Waals surface area contributed by atoms with E-state index in [1.165, 1.54) is 34.9 Å². The Hall–Kier alpha value is -1.18. The number of fused-ring (bicyclic) bond motifs is 1. The van der Waals surface area contributed by atoms with Crippen LogP contribution in [0.2, 0.25) is 0 Å². The highest BCUT2D eigenvalue weighted by molar-refractivity contribution is 5.30. The highest BCUT2D eigenvalue weighted by atomic mass is 15.0. The second-order valence-corrected chi connectivity index (χ2v) is 6.56. The number of hydrogen-bond donors (Lipinski definition) is 0. The fourth-order valence-corrected chi connectivity index (χ4v) is 2.65. The van der Waals surface area contributed by atoms with Crippen LogP contribution in [0.4, 0.5) is 0 Å². The summed E-state index contributed by atoms with van der Waals surface area (Å²) in [6.07, 6.45) is 3.62. The minimum Gasteiger partial charge on any atom is -0.259 e. The van der Waals surface area contributed by atoms with Crippen molar-refractivity contribution in [3.8, 4) is 0 Å². The summed E-state index contributed by atoms with van der Waals surface area (Å²) in [5.74, 6) is 0. The third-order valence-corrected chi connectivity index (χ3v) is 3.60. The summed E-state index contributed by atoms with van der Waals surface area (Å²) in [5.41, 5.74) is 4.48. The van der Waals surface area contributed by atoms with Crippen LogP contribution in [0.15, 0.2) is 16.1 Å². The number of benzene rings is 1. The number of aryl methyl sites for hydroxylation is 2. The first-order valence-electron chi connectivity index (χ1n) is 6.86. The molecule has 1 heterocycles. The molecule has 0 aromatic heterocycles. The Labute approximate surface area is 110 Å². The molecule has 1 aromatic carbocycles. The summed E-state index contributed by atoms with van der Waals surface area (Å²) in [6, 6.07) is 2.26. The highest BCUT2D eigenvalue weighted by Gasteiger charge is 2.13. The van der Waals surface area contributed by atoms with Gasteiger partial charge in [0.25, 0.3) is 0 Å². The second-order valence-electron chi connectivity index (χ2n) is 6.56. The zero-order chi connectivity index (χ0) is 13.3. The van der Waals surface area contributed by atoms with E-state index >= 15 is 0 Å². The van der Waals surface area contributed by atoms with E-state index in [1.807, 2.05) is 0 Å². The Bertz CT molecular complexity index is 562. The highest BCUT2D eigenvalue weighted by Crippen LogP contribution is 2.22. The zero-order valence-electron chi connectivity index (χ0n) is 12.3. The summed E-state index contributed by atoms with van der Waals surface area (Å²) < 4.78 is 0. The quantitative estimate of drug-likeness (QED) is 0.781. The molecule has 2 rings (SSSR count). The van der Waals surface area contributed by atoms with E-state index in [0.717, 1.165) is 11.8 Å². The van der Waals surface area contributed by atoms with Gasteiger partial charge in [-0.3, -0.25) is 9.98 Å². The molecular formula is C16H24N2. The van der Waals surface area contributed by atoms with Crippen molar-refractivity contribution in [2.75, 3.05) is 6.67 Å². The van der Waals surface area contributed by atoms with Crippen molar-refractivity contribution in [1.29, 1.82) is 0 Å².